The van der Waals surface area contributed by atoms with Crippen molar-refractivity contribution >= 4 is 20.4 Å². The van der Waals surface area contributed by atoms with Gasteiger partial charge >= 0.3 is 0 Å². The summed E-state index contributed by atoms with van der Waals surface area (Å²) in [5.41, 5.74) is 2.52. The minimum atomic E-state index is -3.97. The van der Waals surface area contributed by atoms with Crippen LogP contribution in [0.25, 0.3) is 0 Å². The Morgan fingerprint density at radius 1 is 0.647 bits per heavy atom. The molecule has 0 aliphatic carbocycles. The number of ether oxygens (including phenoxy) is 1. The highest BCUT2D eigenvalue weighted by atomic mass is 32.3. The van der Waals surface area contributed by atoms with Crippen molar-refractivity contribution in [2.45, 2.75) is 34.3 Å². The zero-order chi connectivity index (χ0) is 24.2. The van der Waals surface area contributed by atoms with Crippen molar-refractivity contribution in [3.05, 3.63) is 120 Å². The third-order valence-electron chi connectivity index (χ3n) is 5.51. The van der Waals surface area contributed by atoms with Gasteiger partial charge in [0.05, 0.1) is 7.11 Å². The average molecular weight is 493 g/mol. The molecule has 34 heavy (non-hydrogen) atoms. The molecule has 0 amide bonds. The topological polar surface area (TPSA) is 52.6 Å². The Morgan fingerprint density at radius 3 is 1.53 bits per heavy atom. The Balaban J connectivity index is 1.98. The number of rotatable bonds is 8. The number of hydrogen-bond donors (Lipinski definition) is 0. The first-order valence-electron chi connectivity index (χ1n) is 10.9. The summed E-state index contributed by atoms with van der Waals surface area (Å²) >= 11 is 0. The summed E-state index contributed by atoms with van der Waals surface area (Å²) in [5, 5.41) is 0. The van der Waals surface area contributed by atoms with E-state index in [4.69, 9.17) is 8.37 Å². The third kappa shape index (κ3) is 4.89. The van der Waals surface area contributed by atoms with Gasteiger partial charge in [-0.25, -0.2) is 3.63 Å². The number of methoxy groups -OCH3 is 1. The molecule has 0 saturated carbocycles. The molecular formula is C28H28O4S2. The van der Waals surface area contributed by atoms with Gasteiger partial charge in [0.1, 0.15) is 11.5 Å². The predicted octanol–water partition coefficient (Wildman–Crippen LogP) is 7.06. The summed E-state index contributed by atoms with van der Waals surface area (Å²) in [4.78, 5) is 2.42. The highest BCUT2D eigenvalue weighted by Crippen LogP contribution is 2.70. The molecule has 0 unspecified atom stereocenters. The molecule has 0 aromatic heterocycles. The highest BCUT2D eigenvalue weighted by molar-refractivity contribution is 8.33. The SMILES string of the molecule is COc1c(C)cc(S(OS(=O)(=O)Cc2ccccc2)(c2ccccc2)c2ccccc2)cc1C. The van der Waals surface area contributed by atoms with Crippen LogP contribution in [0.2, 0.25) is 0 Å². The lowest BCUT2D eigenvalue weighted by atomic mass is 10.1. The largest absolute Gasteiger partial charge is 0.496 e. The average Bonchev–Trinajstić information content (AvgIpc) is 2.84. The van der Waals surface area contributed by atoms with Crippen LogP contribution in [-0.2, 0) is 19.5 Å². The Morgan fingerprint density at radius 2 is 1.09 bits per heavy atom. The van der Waals surface area contributed by atoms with E-state index in [2.05, 4.69) is 0 Å². The van der Waals surface area contributed by atoms with Crippen LogP contribution < -0.4 is 4.74 Å². The van der Waals surface area contributed by atoms with Gasteiger partial charge in [0.2, 0.25) is 0 Å². The maximum absolute atomic E-state index is 13.6. The Labute approximate surface area is 203 Å². The summed E-state index contributed by atoms with van der Waals surface area (Å²) in [6.07, 6.45) is 0. The normalized spacial score (nSPS) is 12.3. The molecule has 4 aromatic carbocycles. The number of benzene rings is 4. The highest BCUT2D eigenvalue weighted by Gasteiger charge is 2.38. The number of aryl methyl sites for hydroxylation is 2. The van der Waals surface area contributed by atoms with E-state index in [0.29, 0.717) is 5.56 Å². The second kappa shape index (κ2) is 10.1. The van der Waals surface area contributed by atoms with Crippen molar-refractivity contribution < 1.29 is 16.8 Å². The van der Waals surface area contributed by atoms with Crippen LogP contribution in [0.3, 0.4) is 0 Å². The molecule has 6 heteroatoms. The first-order valence-corrected chi connectivity index (χ1v) is 14.1. The van der Waals surface area contributed by atoms with Gasteiger partial charge in [-0.1, -0.05) is 66.7 Å². The van der Waals surface area contributed by atoms with Crippen molar-refractivity contribution in [1.82, 2.24) is 0 Å². The van der Waals surface area contributed by atoms with Crippen LogP contribution in [-0.4, -0.2) is 15.5 Å². The zero-order valence-corrected chi connectivity index (χ0v) is 21.1. The summed E-state index contributed by atoms with van der Waals surface area (Å²) in [6, 6.07) is 32.3. The Bertz CT molecular complexity index is 1290. The van der Waals surface area contributed by atoms with Gasteiger partial charge in [-0.3, -0.25) is 0 Å². The van der Waals surface area contributed by atoms with Crippen LogP contribution in [0.1, 0.15) is 16.7 Å². The van der Waals surface area contributed by atoms with Crippen molar-refractivity contribution in [2.75, 3.05) is 7.11 Å². The van der Waals surface area contributed by atoms with Crippen LogP contribution in [0, 0.1) is 13.8 Å². The van der Waals surface area contributed by atoms with E-state index >= 15 is 0 Å². The van der Waals surface area contributed by atoms with E-state index in [1.54, 1.807) is 19.2 Å². The molecule has 176 valence electrons. The first kappa shape index (κ1) is 24.1. The van der Waals surface area contributed by atoms with E-state index in [1.807, 2.05) is 105 Å². The number of hydrogen-bond acceptors (Lipinski definition) is 4. The minimum Gasteiger partial charge on any atom is -0.496 e. The van der Waals surface area contributed by atoms with E-state index in [0.717, 1.165) is 31.6 Å². The summed E-state index contributed by atoms with van der Waals surface area (Å²) in [5.74, 6) is 0.571. The molecule has 0 aliphatic rings. The zero-order valence-electron chi connectivity index (χ0n) is 19.5. The molecule has 0 fully saturated rings. The van der Waals surface area contributed by atoms with Gasteiger partial charge in [-0.2, -0.15) is 8.42 Å². The van der Waals surface area contributed by atoms with Gasteiger partial charge in [0, 0.05) is 14.7 Å². The fourth-order valence-electron chi connectivity index (χ4n) is 4.11. The van der Waals surface area contributed by atoms with Crippen LogP contribution >= 0.6 is 10.3 Å². The van der Waals surface area contributed by atoms with Crippen molar-refractivity contribution in [2.24, 2.45) is 0 Å². The lowest BCUT2D eigenvalue weighted by Gasteiger charge is -2.40. The quantitative estimate of drug-likeness (QED) is 0.264. The fraction of sp³-hybridized carbons (Fsp3) is 0.143. The van der Waals surface area contributed by atoms with Gasteiger partial charge in [-0.05, 0) is 77.2 Å². The molecule has 0 heterocycles. The standard InChI is InChI=1S/C28H28O4S2/c1-22-19-27(20-23(2)28(22)31-3)34(25-15-9-5-10-16-25,26-17-11-6-12-18-26)32-33(29,30)21-24-13-7-4-8-14-24/h4-20H,21H2,1-3H3. The van der Waals surface area contributed by atoms with Gasteiger partial charge < -0.3 is 4.74 Å². The second-order valence-corrected chi connectivity index (χ2v) is 12.5. The molecular weight excluding hydrogens is 464 g/mol. The third-order valence-corrected chi connectivity index (χ3v) is 10.6. The van der Waals surface area contributed by atoms with E-state index in [-0.39, 0.29) is 5.75 Å². The van der Waals surface area contributed by atoms with Gasteiger partial charge in [0.25, 0.3) is 10.1 Å². The van der Waals surface area contributed by atoms with Crippen LogP contribution in [0.5, 0.6) is 5.75 Å². The summed E-state index contributed by atoms with van der Waals surface area (Å²) < 4.78 is 39.2. The summed E-state index contributed by atoms with van der Waals surface area (Å²) in [6.45, 7) is 3.93. The molecule has 0 atom stereocenters. The van der Waals surface area contributed by atoms with Crippen molar-refractivity contribution in [1.29, 1.82) is 0 Å². The molecule has 0 aliphatic heterocycles. The first-order chi connectivity index (χ1) is 16.4. The van der Waals surface area contributed by atoms with E-state index in [1.165, 1.54) is 0 Å². The minimum absolute atomic E-state index is 0.212. The maximum atomic E-state index is 13.6. The summed E-state index contributed by atoms with van der Waals surface area (Å²) in [7, 11) is -4.95. The van der Waals surface area contributed by atoms with Crippen molar-refractivity contribution in [3.8, 4) is 5.75 Å². The molecule has 4 aromatic rings. The van der Waals surface area contributed by atoms with E-state index in [9.17, 15) is 8.42 Å². The van der Waals surface area contributed by atoms with Gasteiger partial charge in [0.15, 0.2) is 0 Å². The lowest BCUT2D eigenvalue weighted by molar-refractivity contribution is 0.408. The lowest BCUT2D eigenvalue weighted by Crippen LogP contribution is -2.16. The van der Waals surface area contributed by atoms with E-state index < -0.39 is 20.4 Å². The molecule has 0 saturated heterocycles. The molecule has 0 spiro atoms. The smallest absolute Gasteiger partial charge is 0.281 e. The predicted molar refractivity (Wildman–Crippen MR) is 138 cm³/mol. The van der Waals surface area contributed by atoms with Gasteiger partial charge in [-0.15, -0.1) is 0 Å². The molecule has 4 nitrogen and oxygen atoms in total. The van der Waals surface area contributed by atoms with Crippen LogP contribution in [0.4, 0.5) is 0 Å². The fourth-order valence-corrected chi connectivity index (χ4v) is 9.67. The molecule has 4 rings (SSSR count). The Hall–Kier alpha value is -3.06. The Kier molecular flexibility index (Phi) is 7.12. The molecule has 0 N–H and O–H groups in total. The second-order valence-electron chi connectivity index (χ2n) is 8.03. The maximum Gasteiger partial charge on any atom is 0.281 e. The van der Waals surface area contributed by atoms with Crippen LogP contribution in [0.15, 0.2) is 118 Å². The molecule has 0 radical (unpaired) electrons. The monoisotopic (exact) mass is 492 g/mol. The van der Waals surface area contributed by atoms with Crippen molar-refractivity contribution in [3.63, 3.8) is 0 Å². The molecule has 0 bridgehead atoms.